The van der Waals surface area contributed by atoms with Gasteiger partial charge in [0.25, 0.3) is 10.0 Å². The van der Waals surface area contributed by atoms with Crippen molar-refractivity contribution in [3.63, 3.8) is 0 Å². The second kappa shape index (κ2) is 7.43. The highest BCUT2D eigenvalue weighted by Gasteiger charge is 2.30. The van der Waals surface area contributed by atoms with Crippen LogP contribution in [0.2, 0.25) is 0 Å². The number of benzene rings is 2. The SMILES string of the molecule is Cc1cccc(C)c1NS(=O)(=O)c1cn(Cc2ccccc2)nc1C(C)(C)C. The Balaban J connectivity index is 2.04. The van der Waals surface area contributed by atoms with E-state index in [1.54, 1.807) is 10.9 Å². The fourth-order valence-corrected chi connectivity index (χ4v) is 4.70. The minimum Gasteiger partial charge on any atom is -0.279 e. The molecule has 0 saturated carbocycles. The maximum absolute atomic E-state index is 13.3. The highest BCUT2D eigenvalue weighted by Crippen LogP contribution is 2.30. The summed E-state index contributed by atoms with van der Waals surface area (Å²) in [6.07, 6.45) is 1.63. The van der Waals surface area contributed by atoms with Crippen molar-refractivity contribution in [3.8, 4) is 0 Å². The molecule has 6 heteroatoms. The molecule has 2 aromatic carbocycles. The van der Waals surface area contributed by atoms with Gasteiger partial charge in [0.1, 0.15) is 4.90 Å². The van der Waals surface area contributed by atoms with E-state index in [-0.39, 0.29) is 4.90 Å². The van der Waals surface area contributed by atoms with Crippen LogP contribution in [0.15, 0.2) is 59.6 Å². The van der Waals surface area contributed by atoms with Crippen LogP contribution in [0.1, 0.15) is 43.2 Å². The largest absolute Gasteiger partial charge is 0.279 e. The molecule has 0 unspecified atom stereocenters. The minimum absolute atomic E-state index is 0.221. The molecule has 0 saturated heterocycles. The fraction of sp³-hybridized carbons (Fsp3) is 0.318. The van der Waals surface area contributed by atoms with Gasteiger partial charge in [-0.2, -0.15) is 5.10 Å². The molecule has 3 rings (SSSR count). The number of sulfonamides is 1. The number of anilines is 1. The summed E-state index contributed by atoms with van der Waals surface area (Å²) in [6.45, 7) is 10.2. The average Bonchev–Trinajstić information content (AvgIpc) is 3.04. The zero-order chi connectivity index (χ0) is 20.5. The number of aromatic nitrogens is 2. The van der Waals surface area contributed by atoms with E-state index in [9.17, 15) is 8.42 Å². The third-order valence-electron chi connectivity index (χ3n) is 4.63. The van der Waals surface area contributed by atoms with Gasteiger partial charge in [0.05, 0.1) is 17.9 Å². The van der Waals surface area contributed by atoms with Crippen molar-refractivity contribution >= 4 is 15.7 Å². The van der Waals surface area contributed by atoms with Gasteiger partial charge in [-0.1, -0.05) is 69.3 Å². The molecule has 0 aliphatic rings. The number of para-hydroxylation sites is 1. The van der Waals surface area contributed by atoms with Crippen molar-refractivity contribution in [1.29, 1.82) is 0 Å². The van der Waals surface area contributed by atoms with Crippen molar-refractivity contribution in [3.05, 3.63) is 77.1 Å². The molecule has 0 aliphatic carbocycles. The summed E-state index contributed by atoms with van der Waals surface area (Å²) < 4.78 is 31.0. The van der Waals surface area contributed by atoms with Gasteiger partial charge >= 0.3 is 0 Å². The molecule has 0 atom stereocenters. The van der Waals surface area contributed by atoms with E-state index in [0.717, 1.165) is 16.7 Å². The van der Waals surface area contributed by atoms with E-state index in [4.69, 9.17) is 0 Å². The number of aryl methyl sites for hydroxylation is 2. The summed E-state index contributed by atoms with van der Waals surface area (Å²) >= 11 is 0. The van der Waals surface area contributed by atoms with E-state index in [0.29, 0.717) is 17.9 Å². The predicted octanol–water partition coefficient (Wildman–Crippen LogP) is 4.65. The van der Waals surface area contributed by atoms with E-state index in [1.165, 1.54) is 0 Å². The Morgan fingerprint density at radius 1 is 0.964 bits per heavy atom. The Hall–Kier alpha value is -2.60. The first-order valence-corrected chi connectivity index (χ1v) is 10.8. The number of nitrogens with one attached hydrogen (secondary N) is 1. The van der Waals surface area contributed by atoms with Gasteiger partial charge in [-0.15, -0.1) is 0 Å². The second-order valence-electron chi connectivity index (χ2n) is 8.15. The van der Waals surface area contributed by atoms with Crippen molar-refractivity contribution < 1.29 is 8.42 Å². The van der Waals surface area contributed by atoms with Crippen LogP contribution >= 0.6 is 0 Å². The third-order valence-corrected chi connectivity index (χ3v) is 5.98. The summed E-state index contributed by atoms with van der Waals surface area (Å²) in [5.74, 6) is 0. The molecule has 0 fully saturated rings. The number of rotatable bonds is 5. The van der Waals surface area contributed by atoms with Crippen LogP contribution in [0.5, 0.6) is 0 Å². The van der Waals surface area contributed by atoms with E-state index < -0.39 is 15.4 Å². The van der Waals surface area contributed by atoms with E-state index >= 15 is 0 Å². The van der Waals surface area contributed by atoms with Gasteiger partial charge in [0, 0.05) is 11.6 Å². The van der Waals surface area contributed by atoms with E-state index in [1.807, 2.05) is 83.1 Å². The predicted molar refractivity (Wildman–Crippen MR) is 113 cm³/mol. The van der Waals surface area contributed by atoms with Crippen molar-refractivity contribution in [2.75, 3.05) is 4.72 Å². The van der Waals surface area contributed by atoms with Crippen molar-refractivity contribution in [2.24, 2.45) is 0 Å². The quantitative estimate of drug-likeness (QED) is 0.682. The van der Waals surface area contributed by atoms with Crippen molar-refractivity contribution in [2.45, 2.75) is 51.5 Å². The molecule has 0 spiro atoms. The Bertz CT molecular complexity index is 1060. The summed E-state index contributed by atoms with van der Waals surface area (Å²) in [5, 5.41) is 4.63. The summed E-state index contributed by atoms with van der Waals surface area (Å²) in [7, 11) is -3.78. The van der Waals surface area contributed by atoms with Crippen LogP contribution in [0.3, 0.4) is 0 Å². The highest BCUT2D eigenvalue weighted by molar-refractivity contribution is 7.92. The van der Waals surface area contributed by atoms with Gasteiger partial charge in [-0.3, -0.25) is 9.40 Å². The number of hydrogen-bond donors (Lipinski definition) is 1. The Kier molecular flexibility index (Phi) is 5.35. The molecule has 1 N–H and O–H groups in total. The smallest absolute Gasteiger partial charge is 0.265 e. The molecule has 0 amide bonds. The lowest BCUT2D eigenvalue weighted by molar-refractivity contribution is 0.533. The zero-order valence-electron chi connectivity index (χ0n) is 17.0. The lowest BCUT2D eigenvalue weighted by atomic mass is 9.92. The van der Waals surface area contributed by atoms with Crippen molar-refractivity contribution in [1.82, 2.24) is 9.78 Å². The summed E-state index contributed by atoms with van der Waals surface area (Å²) in [4.78, 5) is 0.221. The normalized spacial score (nSPS) is 12.2. The van der Waals surface area contributed by atoms with Crippen LogP contribution in [-0.4, -0.2) is 18.2 Å². The number of nitrogens with zero attached hydrogens (tertiary/aromatic N) is 2. The van der Waals surface area contributed by atoms with Gasteiger partial charge < -0.3 is 0 Å². The molecule has 0 bridgehead atoms. The molecule has 5 nitrogen and oxygen atoms in total. The van der Waals surface area contributed by atoms with Crippen LogP contribution in [-0.2, 0) is 22.0 Å². The molecule has 1 heterocycles. The molecule has 0 radical (unpaired) electrons. The van der Waals surface area contributed by atoms with Crippen LogP contribution in [0, 0.1) is 13.8 Å². The Morgan fingerprint density at radius 3 is 2.14 bits per heavy atom. The van der Waals surface area contributed by atoms with Crippen LogP contribution < -0.4 is 4.72 Å². The Labute approximate surface area is 167 Å². The topological polar surface area (TPSA) is 64.0 Å². The maximum atomic E-state index is 13.3. The summed E-state index contributed by atoms with van der Waals surface area (Å²) in [5.41, 5.74) is 3.61. The first-order valence-electron chi connectivity index (χ1n) is 9.29. The average molecular weight is 398 g/mol. The lowest BCUT2D eigenvalue weighted by Gasteiger charge is -2.18. The standard InChI is InChI=1S/C22H27N3O2S/c1-16-10-9-11-17(2)20(16)24-28(26,27)19-15-25(23-21(19)22(3,4)5)14-18-12-7-6-8-13-18/h6-13,15,24H,14H2,1-5H3. The molecular weight excluding hydrogens is 370 g/mol. The maximum Gasteiger partial charge on any atom is 0.265 e. The third kappa shape index (κ3) is 4.28. The summed E-state index contributed by atoms with van der Waals surface area (Å²) in [6, 6.07) is 15.6. The first kappa shape index (κ1) is 20.1. The monoisotopic (exact) mass is 397 g/mol. The lowest BCUT2D eigenvalue weighted by Crippen LogP contribution is -2.21. The Morgan fingerprint density at radius 2 is 1.57 bits per heavy atom. The molecule has 3 aromatic rings. The molecule has 148 valence electrons. The van der Waals surface area contributed by atoms with Crippen LogP contribution in [0.25, 0.3) is 0 Å². The van der Waals surface area contributed by atoms with Gasteiger partial charge in [-0.05, 0) is 30.5 Å². The van der Waals surface area contributed by atoms with Crippen LogP contribution in [0.4, 0.5) is 5.69 Å². The number of hydrogen-bond acceptors (Lipinski definition) is 3. The molecular formula is C22H27N3O2S. The van der Waals surface area contributed by atoms with Gasteiger partial charge in [0.2, 0.25) is 0 Å². The highest BCUT2D eigenvalue weighted by atomic mass is 32.2. The van der Waals surface area contributed by atoms with E-state index in [2.05, 4.69) is 9.82 Å². The zero-order valence-corrected chi connectivity index (χ0v) is 17.8. The molecule has 1 aromatic heterocycles. The molecule has 0 aliphatic heterocycles. The fourth-order valence-electron chi connectivity index (χ4n) is 3.14. The van der Waals surface area contributed by atoms with Gasteiger partial charge in [0.15, 0.2) is 0 Å². The first-order chi connectivity index (χ1) is 13.1. The minimum atomic E-state index is -3.78. The molecule has 28 heavy (non-hydrogen) atoms. The second-order valence-corrected chi connectivity index (χ2v) is 9.80. The van der Waals surface area contributed by atoms with Gasteiger partial charge in [-0.25, -0.2) is 8.42 Å².